The molecule has 0 fully saturated rings. The van der Waals surface area contributed by atoms with Crippen molar-refractivity contribution in [2.24, 2.45) is 0 Å². The molecular formula is C18H16N2O3. The topological polar surface area (TPSA) is 59.4 Å². The van der Waals surface area contributed by atoms with Crippen LogP contribution >= 0.6 is 0 Å². The average molecular weight is 308 g/mol. The summed E-state index contributed by atoms with van der Waals surface area (Å²) in [6.45, 7) is 0.619. The fourth-order valence-electron chi connectivity index (χ4n) is 3.48. The minimum atomic E-state index is -0.402. The van der Waals surface area contributed by atoms with E-state index in [1.165, 1.54) is 11.0 Å². The van der Waals surface area contributed by atoms with Gasteiger partial charge >= 0.3 is 0 Å². The minimum Gasteiger partial charge on any atom is -0.312 e. The normalized spacial score (nSPS) is 17.0. The number of amides is 2. The highest BCUT2D eigenvalue weighted by molar-refractivity contribution is 6.34. The number of carbonyl (C=O) groups is 2. The molecule has 2 aromatic rings. The van der Waals surface area contributed by atoms with E-state index >= 15 is 0 Å². The Bertz CT molecular complexity index is 868. The van der Waals surface area contributed by atoms with Gasteiger partial charge in [0.25, 0.3) is 17.4 Å². The summed E-state index contributed by atoms with van der Waals surface area (Å²) in [6.07, 6.45) is 3.55. The predicted octanol–water partition coefficient (Wildman–Crippen LogP) is 2.38. The minimum absolute atomic E-state index is 0.184. The van der Waals surface area contributed by atoms with Crippen LogP contribution in [0.1, 0.15) is 45.7 Å². The molecule has 0 saturated heterocycles. The van der Waals surface area contributed by atoms with Crippen LogP contribution in [0, 0.1) is 0 Å². The van der Waals surface area contributed by atoms with Crippen molar-refractivity contribution in [1.82, 2.24) is 4.57 Å². The summed E-state index contributed by atoms with van der Waals surface area (Å²) in [5.41, 5.74) is 1.74. The van der Waals surface area contributed by atoms with Gasteiger partial charge in [0.1, 0.15) is 0 Å². The zero-order valence-corrected chi connectivity index (χ0v) is 12.6. The fourth-order valence-corrected chi connectivity index (χ4v) is 3.48. The van der Waals surface area contributed by atoms with E-state index < -0.39 is 5.91 Å². The van der Waals surface area contributed by atoms with E-state index in [0.717, 1.165) is 25.0 Å². The van der Waals surface area contributed by atoms with Crippen LogP contribution in [0.25, 0.3) is 0 Å². The van der Waals surface area contributed by atoms with Gasteiger partial charge in [-0.3, -0.25) is 14.4 Å². The third kappa shape index (κ3) is 2.04. The molecule has 0 spiro atoms. The van der Waals surface area contributed by atoms with Crippen LogP contribution in [0.3, 0.4) is 0 Å². The van der Waals surface area contributed by atoms with Crippen molar-refractivity contribution in [3.05, 3.63) is 63.6 Å². The first-order chi connectivity index (χ1) is 11.2. The fraction of sp³-hybridized carbons (Fsp3) is 0.278. The second-order valence-electron chi connectivity index (χ2n) is 5.96. The van der Waals surface area contributed by atoms with E-state index in [-0.39, 0.29) is 17.0 Å². The summed E-state index contributed by atoms with van der Waals surface area (Å²) in [6, 6.07) is 10.2. The lowest BCUT2D eigenvalue weighted by molar-refractivity contribution is 0.0926. The first kappa shape index (κ1) is 13.9. The molecule has 2 aliphatic heterocycles. The van der Waals surface area contributed by atoms with Crippen molar-refractivity contribution in [3.63, 3.8) is 0 Å². The molecule has 0 bridgehead atoms. The molecule has 1 aromatic heterocycles. The lowest BCUT2D eigenvalue weighted by atomic mass is 10.0. The van der Waals surface area contributed by atoms with E-state index in [9.17, 15) is 14.4 Å². The Morgan fingerprint density at radius 2 is 1.65 bits per heavy atom. The number of aromatic nitrogens is 1. The Morgan fingerprint density at radius 3 is 2.43 bits per heavy atom. The number of carbonyl (C=O) groups excluding carboxylic acids is 2. The van der Waals surface area contributed by atoms with E-state index in [1.807, 2.05) is 6.07 Å². The van der Waals surface area contributed by atoms with E-state index in [0.29, 0.717) is 24.2 Å². The van der Waals surface area contributed by atoms with E-state index in [4.69, 9.17) is 0 Å². The molecule has 5 heteroatoms. The van der Waals surface area contributed by atoms with Gasteiger partial charge in [-0.25, -0.2) is 4.90 Å². The number of pyridine rings is 1. The summed E-state index contributed by atoms with van der Waals surface area (Å²) in [5.74, 6) is -0.720. The van der Waals surface area contributed by atoms with Gasteiger partial charge in [-0.1, -0.05) is 24.6 Å². The molecule has 1 aromatic carbocycles. The Hall–Kier alpha value is -2.69. The molecular weight excluding hydrogens is 292 g/mol. The Kier molecular flexibility index (Phi) is 3.15. The second-order valence-corrected chi connectivity index (χ2v) is 5.96. The molecule has 23 heavy (non-hydrogen) atoms. The van der Waals surface area contributed by atoms with Gasteiger partial charge < -0.3 is 4.57 Å². The van der Waals surface area contributed by atoms with Gasteiger partial charge in [0.15, 0.2) is 0 Å². The van der Waals surface area contributed by atoms with Crippen LogP contribution in [-0.4, -0.2) is 16.4 Å². The zero-order valence-electron chi connectivity index (χ0n) is 12.6. The number of imide groups is 1. The summed E-state index contributed by atoms with van der Waals surface area (Å²) in [4.78, 5) is 39.1. The van der Waals surface area contributed by atoms with Crippen LogP contribution < -0.4 is 10.5 Å². The maximum atomic E-state index is 12.9. The molecule has 0 radical (unpaired) electrons. The highest BCUT2D eigenvalue weighted by Gasteiger charge is 2.40. The lowest BCUT2D eigenvalue weighted by Crippen LogP contribution is -2.29. The van der Waals surface area contributed by atoms with Gasteiger partial charge in [0.05, 0.1) is 16.8 Å². The lowest BCUT2D eigenvalue weighted by Gasteiger charge is -2.14. The van der Waals surface area contributed by atoms with Crippen molar-refractivity contribution < 1.29 is 9.59 Å². The summed E-state index contributed by atoms with van der Waals surface area (Å²) < 4.78 is 1.67. The smallest absolute Gasteiger partial charge is 0.267 e. The van der Waals surface area contributed by atoms with Gasteiger partial charge in [-0.15, -0.1) is 0 Å². The number of benzene rings is 1. The molecule has 2 aliphatic rings. The molecule has 5 nitrogen and oxygen atoms in total. The van der Waals surface area contributed by atoms with Crippen molar-refractivity contribution in [2.45, 2.75) is 32.2 Å². The molecule has 4 rings (SSSR count). The first-order valence-electron chi connectivity index (χ1n) is 7.89. The Labute approximate surface area is 133 Å². The molecule has 0 atom stereocenters. The van der Waals surface area contributed by atoms with Gasteiger partial charge in [0.2, 0.25) is 0 Å². The van der Waals surface area contributed by atoms with Crippen molar-refractivity contribution >= 4 is 17.5 Å². The highest BCUT2D eigenvalue weighted by Crippen LogP contribution is 2.31. The summed E-state index contributed by atoms with van der Waals surface area (Å²) in [7, 11) is 0. The third-order valence-corrected chi connectivity index (χ3v) is 4.58. The molecule has 0 aliphatic carbocycles. The number of para-hydroxylation sites is 1. The quantitative estimate of drug-likeness (QED) is 0.760. The number of anilines is 1. The monoisotopic (exact) mass is 308 g/mol. The largest absolute Gasteiger partial charge is 0.312 e. The number of rotatable bonds is 1. The summed E-state index contributed by atoms with van der Waals surface area (Å²) in [5, 5.41) is 0. The highest BCUT2D eigenvalue weighted by atomic mass is 16.2. The Balaban J connectivity index is 1.92. The van der Waals surface area contributed by atoms with Crippen molar-refractivity contribution in [3.8, 4) is 0 Å². The van der Waals surface area contributed by atoms with Crippen molar-refractivity contribution in [2.75, 3.05) is 4.90 Å². The molecule has 0 unspecified atom stereocenters. The zero-order chi connectivity index (χ0) is 16.0. The molecule has 2 amide bonds. The predicted molar refractivity (Wildman–Crippen MR) is 85.8 cm³/mol. The first-order valence-corrected chi connectivity index (χ1v) is 7.89. The molecule has 3 heterocycles. The van der Waals surface area contributed by atoms with E-state index in [1.54, 1.807) is 28.8 Å². The van der Waals surface area contributed by atoms with Gasteiger partial charge in [0, 0.05) is 18.3 Å². The van der Waals surface area contributed by atoms with Crippen LogP contribution in [0.4, 0.5) is 5.69 Å². The third-order valence-electron chi connectivity index (χ3n) is 4.58. The Morgan fingerprint density at radius 1 is 0.870 bits per heavy atom. The SMILES string of the molecule is O=C1c2cc(=O)n3c(c2C(=O)N1c1ccccc1)CCCCC3. The van der Waals surface area contributed by atoms with Crippen LogP contribution in [-0.2, 0) is 13.0 Å². The summed E-state index contributed by atoms with van der Waals surface area (Å²) >= 11 is 0. The number of hydrogen-bond donors (Lipinski definition) is 0. The van der Waals surface area contributed by atoms with Crippen LogP contribution in [0.15, 0.2) is 41.2 Å². The van der Waals surface area contributed by atoms with Gasteiger partial charge in [-0.05, 0) is 31.4 Å². The van der Waals surface area contributed by atoms with Crippen LogP contribution in [0.5, 0.6) is 0 Å². The molecule has 0 N–H and O–H groups in total. The van der Waals surface area contributed by atoms with Gasteiger partial charge in [-0.2, -0.15) is 0 Å². The molecule has 0 saturated carbocycles. The van der Waals surface area contributed by atoms with Crippen LogP contribution in [0.2, 0.25) is 0 Å². The number of nitrogens with zero attached hydrogens (tertiary/aromatic N) is 2. The second kappa shape index (κ2) is 5.19. The maximum absolute atomic E-state index is 12.9. The number of hydrogen-bond acceptors (Lipinski definition) is 3. The van der Waals surface area contributed by atoms with E-state index in [2.05, 4.69) is 0 Å². The van der Waals surface area contributed by atoms with Crippen molar-refractivity contribution in [1.29, 1.82) is 0 Å². The standard InChI is InChI=1S/C18H16N2O3/c21-15-11-13-16(14-9-5-2-6-10-19(14)15)18(23)20(17(13)22)12-7-3-1-4-8-12/h1,3-4,7-8,11H,2,5-6,9-10H2. The average Bonchev–Trinajstić information content (AvgIpc) is 2.74. The maximum Gasteiger partial charge on any atom is 0.267 e. The molecule has 116 valence electrons. The number of fused-ring (bicyclic) bond motifs is 3.